The number of aliphatic hydroxyl groups is 7. The van der Waals surface area contributed by atoms with E-state index in [1.54, 1.807) is 6.92 Å². The summed E-state index contributed by atoms with van der Waals surface area (Å²) in [6, 6.07) is 0. The summed E-state index contributed by atoms with van der Waals surface area (Å²) in [7, 11) is 0. The van der Waals surface area contributed by atoms with Crippen molar-refractivity contribution in [2.45, 2.75) is 68.5 Å². The number of fused-ring (bicyclic) bond motifs is 2. The molecule has 30 heavy (non-hydrogen) atoms. The Bertz CT molecular complexity index is 888. The van der Waals surface area contributed by atoms with Crippen LogP contribution in [-0.4, -0.2) is 95.7 Å². The van der Waals surface area contributed by atoms with Crippen molar-refractivity contribution in [3.8, 4) is 0 Å². The second kappa shape index (κ2) is 5.48. The molecule has 12 unspecified atom stereocenters. The van der Waals surface area contributed by atoms with Crippen LogP contribution in [0, 0.1) is 22.7 Å². The maximum atomic E-state index is 12.5. The molecule has 0 amide bonds. The van der Waals surface area contributed by atoms with Gasteiger partial charge in [0.05, 0.1) is 6.10 Å². The van der Waals surface area contributed by atoms with Gasteiger partial charge in [0, 0.05) is 11.3 Å². The van der Waals surface area contributed by atoms with E-state index < -0.39 is 82.6 Å². The van der Waals surface area contributed by atoms with Crippen LogP contribution in [0.2, 0.25) is 0 Å². The second-order valence-corrected chi connectivity index (χ2v) is 9.45. The molecule has 2 saturated carbocycles. The Morgan fingerprint density at radius 2 is 1.70 bits per heavy atom. The van der Waals surface area contributed by atoms with Gasteiger partial charge < -0.3 is 45.2 Å². The standard InChI is InChI=1S/C19H24O11/c1-5-3-7(20)11(22)16(2)6(5)4-8-17-10(16)9(21)12(23)19(28,30-15(17)26)18(17,27)13(24)14(25)29-8/h3,6,8-13,15,21-24,26-28H,4H2,1-2H3. The fourth-order valence-electron chi connectivity index (χ4n) is 7.31. The maximum absolute atomic E-state index is 12.5. The van der Waals surface area contributed by atoms with Crippen molar-refractivity contribution in [1.82, 2.24) is 0 Å². The van der Waals surface area contributed by atoms with Gasteiger partial charge in [0.1, 0.15) is 23.7 Å². The Morgan fingerprint density at radius 3 is 2.33 bits per heavy atom. The van der Waals surface area contributed by atoms with Crippen molar-refractivity contribution in [2.75, 3.05) is 0 Å². The van der Waals surface area contributed by atoms with Gasteiger partial charge in [-0.1, -0.05) is 12.5 Å². The second-order valence-electron chi connectivity index (χ2n) is 9.45. The Morgan fingerprint density at radius 1 is 1.07 bits per heavy atom. The van der Waals surface area contributed by atoms with Gasteiger partial charge in [-0.15, -0.1) is 0 Å². The third-order valence-electron chi connectivity index (χ3n) is 8.55. The number of allylic oxidation sites excluding steroid dienone is 1. The number of hydrogen-bond donors (Lipinski definition) is 7. The monoisotopic (exact) mass is 428 g/mol. The van der Waals surface area contributed by atoms with Gasteiger partial charge in [0.25, 0.3) is 0 Å². The highest BCUT2D eigenvalue weighted by Crippen LogP contribution is 2.74. The first-order valence-electron chi connectivity index (χ1n) is 9.76. The molecule has 2 bridgehead atoms. The molecule has 2 aliphatic heterocycles. The normalized spacial score (nSPS) is 61.7. The molecular formula is C19H24O11. The molecule has 5 rings (SSSR count). The average Bonchev–Trinajstić information content (AvgIpc) is 2.81. The molecule has 12 atom stereocenters. The smallest absolute Gasteiger partial charge is 0.338 e. The molecule has 2 saturated heterocycles. The van der Waals surface area contributed by atoms with E-state index in [0.29, 0.717) is 5.57 Å². The Balaban J connectivity index is 1.86. The number of carbonyl (C=O) groups is 2. The highest BCUT2D eigenvalue weighted by Gasteiger charge is 2.92. The molecule has 0 aromatic rings. The van der Waals surface area contributed by atoms with E-state index in [1.165, 1.54) is 13.0 Å². The lowest BCUT2D eigenvalue weighted by atomic mass is 9.37. The molecule has 7 N–H and O–H groups in total. The number of aliphatic hydroxyl groups excluding tert-OH is 5. The summed E-state index contributed by atoms with van der Waals surface area (Å²) in [6.07, 6.45) is -10.7. The number of carbonyl (C=O) groups excluding carboxylic acids is 2. The Kier molecular flexibility index (Phi) is 3.74. The van der Waals surface area contributed by atoms with Crippen molar-refractivity contribution in [3.05, 3.63) is 11.6 Å². The summed E-state index contributed by atoms with van der Waals surface area (Å²) in [5, 5.41) is 76.9. The van der Waals surface area contributed by atoms with Gasteiger partial charge >= 0.3 is 5.97 Å². The Hall–Kier alpha value is -1.44. The number of esters is 1. The highest BCUT2D eigenvalue weighted by atomic mass is 16.7. The van der Waals surface area contributed by atoms with Crippen molar-refractivity contribution in [2.24, 2.45) is 22.7 Å². The fourth-order valence-corrected chi connectivity index (χ4v) is 7.31. The van der Waals surface area contributed by atoms with Gasteiger partial charge in [0.2, 0.25) is 5.79 Å². The highest BCUT2D eigenvalue weighted by molar-refractivity contribution is 5.96. The summed E-state index contributed by atoms with van der Waals surface area (Å²) >= 11 is 0. The Labute approximate surface area is 170 Å². The van der Waals surface area contributed by atoms with Crippen LogP contribution in [-0.2, 0) is 19.1 Å². The van der Waals surface area contributed by atoms with E-state index in [0.717, 1.165) is 0 Å². The van der Waals surface area contributed by atoms with Gasteiger partial charge in [-0.25, -0.2) is 4.79 Å². The first-order chi connectivity index (χ1) is 13.8. The molecule has 3 aliphatic carbocycles. The quantitative estimate of drug-likeness (QED) is 0.188. The van der Waals surface area contributed by atoms with E-state index in [9.17, 15) is 45.3 Å². The minimum absolute atomic E-state index is 0.0975. The van der Waals surface area contributed by atoms with Crippen LogP contribution < -0.4 is 0 Å². The first-order valence-corrected chi connectivity index (χ1v) is 9.76. The third-order valence-corrected chi connectivity index (χ3v) is 8.55. The van der Waals surface area contributed by atoms with E-state index in [4.69, 9.17) is 9.47 Å². The van der Waals surface area contributed by atoms with Crippen LogP contribution in [0.1, 0.15) is 20.3 Å². The minimum Gasteiger partial charge on any atom is -0.459 e. The summed E-state index contributed by atoms with van der Waals surface area (Å²) < 4.78 is 10.5. The number of ether oxygens (including phenoxy) is 2. The molecule has 0 aromatic heterocycles. The predicted molar refractivity (Wildman–Crippen MR) is 91.8 cm³/mol. The van der Waals surface area contributed by atoms with Crippen LogP contribution >= 0.6 is 0 Å². The van der Waals surface area contributed by atoms with Crippen LogP contribution in [0.25, 0.3) is 0 Å². The number of rotatable bonds is 0. The van der Waals surface area contributed by atoms with Crippen LogP contribution in [0.5, 0.6) is 0 Å². The summed E-state index contributed by atoms with van der Waals surface area (Å²) in [4.78, 5) is 24.9. The van der Waals surface area contributed by atoms with Gasteiger partial charge in [-0.2, -0.15) is 0 Å². The van der Waals surface area contributed by atoms with Crippen molar-refractivity contribution < 1.29 is 54.8 Å². The molecule has 11 nitrogen and oxygen atoms in total. The molecular weight excluding hydrogens is 404 g/mol. The zero-order valence-corrected chi connectivity index (χ0v) is 16.2. The molecule has 11 heteroatoms. The predicted octanol–water partition coefficient (Wildman–Crippen LogP) is -3.70. The molecule has 4 fully saturated rings. The average molecular weight is 428 g/mol. The van der Waals surface area contributed by atoms with E-state index in [1.807, 2.05) is 0 Å². The molecule has 0 radical (unpaired) electrons. The zero-order valence-electron chi connectivity index (χ0n) is 16.2. The van der Waals surface area contributed by atoms with Crippen LogP contribution in [0.3, 0.4) is 0 Å². The van der Waals surface area contributed by atoms with Gasteiger partial charge in [-0.05, 0) is 25.3 Å². The first kappa shape index (κ1) is 20.5. The lowest BCUT2D eigenvalue weighted by Gasteiger charge is -2.69. The van der Waals surface area contributed by atoms with Crippen molar-refractivity contribution in [3.63, 3.8) is 0 Å². The van der Waals surface area contributed by atoms with Gasteiger partial charge in [-0.3, -0.25) is 4.79 Å². The third kappa shape index (κ3) is 1.68. The van der Waals surface area contributed by atoms with Gasteiger partial charge in [0.15, 0.2) is 23.8 Å². The topological polar surface area (TPSA) is 194 Å². The number of ketones is 1. The lowest BCUT2D eigenvalue weighted by molar-refractivity contribution is -0.398. The van der Waals surface area contributed by atoms with Crippen LogP contribution in [0.4, 0.5) is 0 Å². The lowest BCUT2D eigenvalue weighted by Crippen LogP contribution is -2.87. The zero-order chi connectivity index (χ0) is 22.2. The van der Waals surface area contributed by atoms with E-state index in [2.05, 4.69) is 0 Å². The fraction of sp³-hybridized carbons (Fsp3) is 0.789. The van der Waals surface area contributed by atoms with Crippen molar-refractivity contribution >= 4 is 11.8 Å². The van der Waals surface area contributed by atoms with E-state index >= 15 is 0 Å². The van der Waals surface area contributed by atoms with Crippen LogP contribution in [0.15, 0.2) is 11.6 Å². The maximum Gasteiger partial charge on any atom is 0.338 e. The van der Waals surface area contributed by atoms with Crippen molar-refractivity contribution in [1.29, 1.82) is 0 Å². The molecule has 1 spiro atoms. The summed E-state index contributed by atoms with van der Waals surface area (Å²) in [6.45, 7) is 3.08. The largest absolute Gasteiger partial charge is 0.459 e. The molecule has 0 aromatic carbocycles. The molecule has 5 aliphatic rings. The summed E-state index contributed by atoms with van der Waals surface area (Å²) in [5.41, 5.74) is -6.28. The molecule has 166 valence electrons. The van der Waals surface area contributed by atoms with E-state index in [-0.39, 0.29) is 6.42 Å². The molecule has 2 heterocycles. The minimum atomic E-state index is -3.11. The summed E-state index contributed by atoms with van der Waals surface area (Å²) in [5.74, 6) is -7.25. The SMILES string of the molecule is CC1=CC(=O)C(O)C2(C)C1CC1OC(=O)C(O)C3(O)C4(O)OC(O)C13C2C(O)C4O. The number of hydrogen-bond acceptors (Lipinski definition) is 11.